The van der Waals surface area contributed by atoms with E-state index in [2.05, 4.69) is 15.3 Å². The van der Waals surface area contributed by atoms with Gasteiger partial charge in [-0.1, -0.05) is 6.07 Å². The Balaban J connectivity index is 1.99. The van der Waals surface area contributed by atoms with E-state index in [0.29, 0.717) is 5.56 Å². The number of carbonyl (C=O) groups is 2. The second-order valence-corrected chi connectivity index (χ2v) is 5.97. The first-order valence-electron chi connectivity index (χ1n) is 7.12. The number of halogens is 4. The number of hydrogen-bond donors (Lipinski definition) is 1. The van der Waals surface area contributed by atoms with Gasteiger partial charge in [0.25, 0.3) is 5.91 Å². The number of fused-ring (bicyclic) bond motifs is 3. The summed E-state index contributed by atoms with van der Waals surface area (Å²) < 4.78 is 51.7. The Bertz CT molecular complexity index is 901. The van der Waals surface area contributed by atoms with Gasteiger partial charge in [0.15, 0.2) is 5.67 Å². The number of ketones is 1. The first kappa shape index (κ1) is 17.0. The van der Waals surface area contributed by atoms with Crippen molar-refractivity contribution in [2.45, 2.75) is 25.7 Å². The van der Waals surface area contributed by atoms with Gasteiger partial charge in [-0.2, -0.15) is 13.2 Å². The van der Waals surface area contributed by atoms with Crippen molar-refractivity contribution in [1.29, 1.82) is 0 Å². The quantitative estimate of drug-likeness (QED) is 0.717. The molecule has 0 unspecified atom stereocenters. The highest BCUT2D eigenvalue weighted by atomic mass is 19.4. The summed E-state index contributed by atoms with van der Waals surface area (Å²) in [6.07, 6.45) is -3.83. The van der Waals surface area contributed by atoms with Crippen LogP contribution in [0.1, 0.15) is 35.7 Å². The summed E-state index contributed by atoms with van der Waals surface area (Å²) in [6.45, 7) is 2.15. The Morgan fingerprint density at radius 2 is 1.76 bits per heavy atom. The molecule has 0 atom stereocenters. The second-order valence-electron chi connectivity index (χ2n) is 5.97. The van der Waals surface area contributed by atoms with E-state index in [-0.39, 0.29) is 22.5 Å². The molecule has 0 spiro atoms. The summed E-state index contributed by atoms with van der Waals surface area (Å²) in [5.41, 5.74) is -1.73. The van der Waals surface area contributed by atoms with Crippen LogP contribution in [0.15, 0.2) is 24.4 Å². The molecule has 0 bridgehead atoms. The van der Waals surface area contributed by atoms with E-state index in [1.165, 1.54) is 18.2 Å². The summed E-state index contributed by atoms with van der Waals surface area (Å²) in [6, 6.07) is 4.13. The van der Waals surface area contributed by atoms with Gasteiger partial charge >= 0.3 is 6.18 Å². The number of carbonyl (C=O) groups excluding carboxylic acids is 2. The number of aromatic nitrogens is 2. The molecule has 0 saturated heterocycles. The van der Waals surface area contributed by atoms with Gasteiger partial charge in [-0.15, -0.1) is 0 Å². The first-order valence-corrected chi connectivity index (χ1v) is 7.12. The van der Waals surface area contributed by atoms with Crippen molar-refractivity contribution < 1.29 is 27.2 Å². The van der Waals surface area contributed by atoms with Crippen LogP contribution in [0.3, 0.4) is 0 Å². The van der Waals surface area contributed by atoms with Crippen molar-refractivity contribution in [3.8, 4) is 11.1 Å². The molecule has 1 aromatic heterocycles. The summed E-state index contributed by atoms with van der Waals surface area (Å²) in [7, 11) is 0. The van der Waals surface area contributed by atoms with Gasteiger partial charge in [-0.3, -0.25) is 9.59 Å². The van der Waals surface area contributed by atoms with Gasteiger partial charge in [0.1, 0.15) is 5.69 Å². The van der Waals surface area contributed by atoms with Crippen LogP contribution in [0.2, 0.25) is 0 Å². The minimum absolute atomic E-state index is 0.0677. The van der Waals surface area contributed by atoms with Gasteiger partial charge in [0.05, 0.1) is 0 Å². The molecular weight excluding hydrogens is 342 g/mol. The third-order valence-corrected chi connectivity index (χ3v) is 3.61. The van der Waals surface area contributed by atoms with Crippen LogP contribution in [-0.2, 0) is 11.0 Å². The molecule has 5 nitrogen and oxygen atoms in total. The second kappa shape index (κ2) is 5.33. The van der Waals surface area contributed by atoms with Crippen molar-refractivity contribution >= 4 is 17.4 Å². The van der Waals surface area contributed by atoms with E-state index in [1.807, 2.05) is 0 Å². The number of hydrogen-bond acceptors (Lipinski definition) is 4. The fourth-order valence-corrected chi connectivity index (χ4v) is 2.34. The highest BCUT2D eigenvalue weighted by molar-refractivity contribution is 6.21. The molecule has 9 heteroatoms. The number of benzene rings is 1. The molecule has 0 radical (unpaired) electrons. The predicted molar refractivity (Wildman–Crippen MR) is 79.7 cm³/mol. The Labute approximate surface area is 139 Å². The van der Waals surface area contributed by atoms with Crippen LogP contribution < -0.4 is 5.32 Å². The molecular formula is C16H11F4N3O2. The standard InChI is InChI=1S/C16H11F4N3O2/c1-15(2,17)14(25)22-7-3-4-8-9(5-7)12(24)11-10(8)6-21-13(23-11)16(18,19)20/h3-6H,1-2H3,(H,22,25). The van der Waals surface area contributed by atoms with E-state index in [4.69, 9.17) is 0 Å². The van der Waals surface area contributed by atoms with Gasteiger partial charge in [0.2, 0.25) is 11.6 Å². The molecule has 0 fully saturated rings. The first-order chi connectivity index (χ1) is 11.5. The summed E-state index contributed by atoms with van der Waals surface area (Å²) in [5, 5.41) is 2.31. The van der Waals surface area contributed by atoms with Crippen molar-refractivity contribution in [2.75, 3.05) is 5.32 Å². The van der Waals surface area contributed by atoms with Crippen LogP contribution in [-0.4, -0.2) is 27.3 Å². The van der Waals surface area contributed by atoms with Crippen LogP contribution in [0, 0.1) is 0 Å². The van der Waals surface area contributed by atoms with Gasteiger partial charge in [0, 0.05) is 23.0 Å². The number of rotatable bonds is 2. The zero-order valence-electron chi connectivity index (χ0n) is 13.0. The van der Waals surface area contributed by atoms with E-state index in [9.17, 15) is 27.2 Å². The van der Waals surface area contributed by atoms with Gasteiger partial charge in [-0.25, -0.2) is 14.4 Å². The molecule has 2 aromatic rings. The van der Waals surface area contributed by atoms with Crippen molar-refractivity contribution in [2.24, 2.45) is 0 Å². The largest absolute Gasteiger partial charge is 0.451 e. The highest BCUT2D eigenvalue weighted by Gasteiger charge is 2.38. The Morgan fingerprint density at radius 1 is 1.08 bits per heavy atom. The molecule has 1 aliphatic carbocycles. The molecule has 1 N–H and O–H groups in total. The average molecular weight is 353 g/mol. The number of alkyl halides is 4. The minimum atomic E-state index is -4.77. The van der Waals surface area contributed by atoms with E-state index < -0.39 is 29.4 Å². The number of amides is 1. The van der Waals surface area contributed by atoms with E-state index >= 15 is 0 Å². The molecule has 0 saturated carbocycles. The Hall–Kier alpha value is -2.84. The smallest absolute Gasteiger partial charge is 0.323 e. The number of nitrogens with one attached hydrogen (secondary N) is 1. The van der Waals surface area contributed by atoms with E-state index in [0.717, 1.165) is 20.0 Å². The van der Waals surface area contributed by atoms with Crippen molar-refractivity contribution in [1.82, 2.24) is 9.97 Å². The van der Waals surface area contributed by atoms with Crippen LogP contribution >= 0.6 is 0 Å². The maximum atomic E-state index is 13.6. The summed E-state index contributed by atoms with van der Waals surface area (Å²) in [5.74, 6) is -3.02. The molecule has 3 rings (SSSR count). The predicted octanol–water partition coefficient (Wildman–Crippen LogP) is 3.39. The third kappa shape index (κ3) is 2.97. The molecule has 1 amide bonds. The SMILES string of the molecule is CC(C)(F)C(=O)Nc1ccc2c(c1)C(=O)c1nc(C(F)(F)F)ncc1-2. The van der Waals surface area contributed by atoms with Crippen molar-refractivity contribution in [3.63, 3.8) is 0 Å². The van der Waals surface area contributed by atoms with Crippen LogP contribution in [0.25, 0.3) is 11.1 Å². The summed E-state index contributed by atoms with van der Waals surface area (Å²) >= 11 is 0. The fraction of sp³-hybridized carbons (Fsp3) is 0.250. The lowest BCUT2D eigenvalue weighted by Gasteiger charge is -2.14. The lowest BCUT2D eigenvalue weighted by Crippen LogP contribution is -2.32. The highest BCUT2D eigenvalue weighted by Crippen LogP contribution is 2.38. The normalized spacial score (nSPS) is 13.4. The Morgan fingerprint density at radius 3 is 2.36 bits per heavy atom. The zero-order chi connectivity index (χ0) is 18.6. The average Bonchev–Trinajstić information content (AvgIpc) is 2.78. The number of anilines is 1. The third-order valence-electron chi connectivity index (χ3n) is 3.61. The molecule has 0 aliphatic heterocycles. The molecule has 130 valence electrons. The topological polar surface area (TPSA) is 72.0 Å². The summed E-state index contributed by atoms with van der Waals surface area (Å²) in [4.78, 5) is 30.6. The molecule has 1 aliphatic rings. The molecule has 1 heterocycles. The maximum Gasteiger partial charge on any atom is 0.451 e. The lowest BCUT2D eigenvalue weighted by atomic mass is 10.1. The van der Waals surface area contributed by atoms with Gasteiger partial charge in [-0.05, 0) is 31.5 Å². The molecule has 1 aromatic carbocycles. The Kier molecular flexibility index (Phi) is 3.63. The minimum Gasteiger partial charge on any atom is -0.323 e. The van der Waals surface area contributed by atoms with Crippen LogP contribution in [0.5, 0.6) is 0 Å². The van der Waals surface area contributed by atoms with Crippen molar-refractivity contribution in [3.05, 3.63) is 41.5 Å². The lowest BCUT2D eigenvalue weighted by molar-refractivity contribution is -0.145. The van der Waals surface area contributed by atoms with Gasteiger partial charge < -0.3 is 5.32 Å². The monoisotopic (exact) mass is 353 g/mol. The fourth-order valence-electron chi connectivity index (χ4n) is 2.34. The van der Waals surface area contributed by atoms with E-state index in [1.54, 1.807) is 0 Å². The zero-order valence-corrected chi connectivity index (χ0v) is 13.0. The molecule has 25 heavy (non-hydrogen) atoms. The maximum absolute atomic E-state index is 13.6. The number of nitrogens with zero attached hydrogens (tertiary/aromatic N) is 2. The van der Waals surface area contributed by atoms with Crippen LogP contribution in [0.4, 0.5) is 23.2 Å².